The first-order chi connectivity index (χ1) is 12.5. The van der Waals surface area contributed by atoms with Crippen molar-refractivity contribution in [1.82, 2.24) is 4.98 Å². The van der Waals surface area contributed by atoms with E-state index in [2.05, 4.69) is 10.3 Å². The van der Waals surface area contributed by atoms with Crippen LogP contribution in [0.25, 0.3) is 10.9 Å². The van der Waals surface area contributed by atoms with Gasteiger partial charge < -0.3 is 10.1 Å². The van der Waals surface area contributed by atoms with Crippen molar-refractivity contribution >= 4 is 40.1 Å². The molecule has 0 aliphatic carbocycles. The van der Waals surface area contributed by atoms with E-state index in [4.69, 9.17) is 16.3 Å². The molecule has 1 heterocycles. The average Bonchev–Trinajstić information content (AvgIpc) is 2.62. The van der Waals surface area contributed by atoms with E-state index in [0.717, 1.165) is 16.5 Å². The molecule has 2 aromatic carbocycles. The SMILES string of the molecule is Cc1nc2ccccc2c(C)c1C(=O)OCC(=O)Nc1ccc(Cl)cc1. The number of pyridine rings is 1. The minimum Gasteiger partial charge on any atom is -0.452 e. The number of para-hydroxylation sites is 1. The number of hydrogen-bond donors (Lipinski definition) is 1. The minimum atomic E-state index is -0.565. The predicted molar refractivity (Wildman–Crippen MR) is 102 cm³/mol. The number of carbonyl (C=O) groups excluding carboxylic acids is 2. The van der Waals surface area contributed by atoms with Crippen LogP contribution in [-0.2, 0) is 9.53 Å². The van der Waals surface area contributed by atoms with Crippen molar-refractivity contribution in [2.75, 3.05) is 11.9 Å². The van der Waals surface area contributed by atoms with Gasteiger partial charge in [0.15, 0.2) is 6.61 Å². The van der Waals surface area contributed by atoms with Crippen molar-refractivity contribution < 1.29 is 14.3 Å². The lowest BCUT2D eigenvalue weighted by Crippen LogP contribution is -2.22. The van der Waals surface area contributed by atoms with Gasteiger partial charge in [0.25, 0.3) is 5.91 Å². The lowest BCUT2D eigenvalue weighted by molar-refractivity contribution is -0.119. The maximum Gasteiger partial charge on any atom is 0.340 e. The monoisotopic (exact) mass is 368 g/mol. The highest BCUT2D eigenvalue weighted by Crippen LogP contribution is 2.23. The lowest BCUT2D eigenvalue weighted by atomic mass is 10.0. The van der Waals surface area contributed by atoms with Gasteiger partial charge in [0, 0.05) is 16.1 Å². The summed E-state index contributed by atoms with van der Waals surface area (Å²) in [6.07, 6.45) is 0. The van der Waals surface area contributed by atoms with Gasteiger partial charge in [-0.05, 0) is 49.7 Å². The molecule has 0 radical (unpaired) electrons. The molecule has 0 saturated heterocycles. The number of amides is 1. The summed E-state index contributed by atoms with van der Waals surface area (Å²) in [5.74, 6) is -0.991. The van der Waals surface area contributed by atoms with Crippen LogP contribution in [0.5, 0.6) is 0 Å². The predicted octanol–water partition coefficient (Wildman–Crippen LogP) is 4.30. The number of rotatable bonds is 4. The Morgan fingerprint density at radius 3 is 2.50 bits per heavy atom. The Morgan fingerprint density at radius 1 is 1.08 bits per heavy atom. The number of aromatic nitrogens is 1. The third-order valence-corrected chi connectivity index (χ3v) is 4.25. The molecule has 132 valence electrons. The summed E-state index contributed by atoms with van der Waals surface area (Å²) in [5.41, 5.74) is 3.15. The second-order valence-corrected chi connectivity index (χ2v) is 6.28. The Morgan fingerprint density at radius 2 is 1.77 bits per heavy atom. The standard InChI is InChI=1S/C20H17ClN2O3/c1-12-16-5-3-4-6-17(16)22-13(2)19(12)20(25)26-11-18(24)23-15-9-7-14(21)8-10-15/h3-10H,11H2,1-2H3,(H,23,24). The molecule has 1 aromatic heterocycles. The summed E-state index contributed by atoms with van der Waals surface area (Å²) in [6.45, 7) is 3.22. The molecule has 1 amide bonds. The number of esters is 1. The fourth-order valence-corrected chi connectivity index (χ4v) is 2.89. The summed E-state index contributed by atoms with van der Waals surface area (Å²) in [7, 11) is 0. The third kappa shape index (κ3) is 3.83. The second kappa shape index (κ2) is 7.54. The molecule has 3 rings (SSSR count). The van der Waals surface area contributed by atoms with Crippen LogP contribution in [0, 0.1) is 13.8 Å². The fraction of sp³-hybridized carbons (Fsp3) is 0.150. The normalized spacial score (nSPS) is 10.6. The van der Waals surface area contributed by atoms with Crippen molar-refractivity contribution in [3.8, 4) is 0 Å². The first-order valence-corrected chi connectivity index (χ1v) is 8.42. The molecule has 0 fully saturated rings. The number of ether oxygens (including phenoxy) is 1. The second-order valence-electron chi connectivity index (χ2n) is 5.85. The number of anilines is 1. The van der Waals surface area contributed by atoms with Crippen LogP contribution < -0.4 is 5.32 Å². The Labute approximate surface area is 156 Å². The van der Waals surface area contributed by atoms with E-state index in [-0.39, 0.29) is 6.61 Å². The van der Waals surface area contributed by atoms with Gasteiger partial charge >= 0.3 is 5.97 Å². The highest BCUT2D eigenvalue weighted by atomic mass is 35.5. The zero-order chi connectivity index (χ0) is 18.7. The van der Waals surface area contributed by atoms with E-state index in [1.54, 1.807) is 31.2 Å². The Balaban J connectivity index is 1.71. The van der Waals surface area contributed by atoms with Crippen LogP contribution in [0.1, 0.15) is 21.6 Å². The van der Waals surface area contributed by atoms with E-state index < -0.39 is 11.9 Å². The van der Waals surface area contributed by atoms with Crippen molar-refractivity contribution in [1.29, 1.82) is 0 Å². The van der Waals surface area contributed by atoms with Crippen LogP contribution in [0.15, 0.2) is 48.5 Å². The molecule has 26 heavy (non-hydrogen) atoms. The fourth-order valence-electron chi connectivity index (χ4n) is 2.77. The summed E-state index contributed by atoms with van der Waals surface area (Å²) in [6, 6.07) is 14.2. The Bertz CT molecular complexity index is 984. The van der Waals surface area contributed by atoms with E-state index >= 15 is 0 Å². The molecular weight excluding hydrogens is 352 g/mol. The number of nitrogens with one attached hydrogen (secondary N) is 1. The Hall–Kier alpha value is -2.92. The van der Waals surface area contributed by atoms with Crippen molar-refractivity contribution in [2.24, 2.45) is 0 Å². The highest BCUT2D eigenvalue weighted by molar-refractivity contribution is 6.30. The number of fused-ring (bicyclic) bond motifs is 1. The molecule has 0 aliphatic heterocycles. The van der Waals surface area contributed by atoms with E-state index in [9.17, 15) is 9.59 Å². The molecule has 0 spiro atoms. The quantitative estimate of drug-likeness (QED) is 0.697. The minimum absolute atomic E-state index is 0.382. The van der Waals surface area contributed by atoms with Crippen LogP contribution in [-0.4, -0.2) is 23.5 Å². The van der Waals surface area contributed by atoms with Gasteiger partial charge in [-0.15, -0.1) is 0 Å². The van der Waals surface area contributed by atoms with Gasteiger partial charge in [-0.2, -0.15) is 0 Å². The molecule has 0 saturated carbocycles. The summed E-state index contributed by atoms with van der Waals surface area (Å²) < 4.78 is 5.18. The maximum absolute atomic E-state index is 12.5. The molecule has 1 N–H and O–H groups in total. The number of hydrogen-bond acceptors (Lipinski definition) is 4. The van der Waals surface area contributed by atoms with E-state index in [1.807, 2.05) is 31.2 Å². The van der Waals surface area contributed by atoms with Crippen molar-refractivity contribution in [3.63, 3.8) is 0 Å². The van der Waals surface area contributed by atoms with Crippen LogP contribution in [0.2, 0.25) is 5.02 Å². The van der Waals surface area contributed by atoms with E-state index in [1.165, 1.54) is 0 Å². The number of halogens is 1. The van der Waals surface area contributed by atoms with Gasteiger partial charge in [0.2, 0.25) is 0 Å². The first kappa shape index (κ1) is 17.9. The molecule has 0 aliphatic rings. The van der Waals surface area contributed by atoms with Gasteiger partial charge in [-0.25, -0.2) is 4.79 Å². The average molecular weight is 369 g/mol. The number of aryl methyl sites for hydroxylation is 2. The molecular formula is C20H17ClN2O3. The van der Waals surface area contributed by atoms with Crippen LogP contribution in [0.4, 0.5) is 5.69 Å². The van der Waals surface area contributed by atoms with Crippen molar-refractivity contribution in [3.05, 3.63) is 70.4 Å². The number of benzene rings is 2. The zero-order valence-electron chi connectivity index (χ0n) is 14.4. The highest BCUT2D eigenvalue weighted by Gasteiger charge is 2.18. The Kier molecular flexibility index (Phi) is 5.19. The van der Waals surface area contributed by atoms with E-state index in [0.29, 0.717) is 22.0 Å². The van der Waals surface area contributed by atoms with Crippen LogP contribution >= 0.6 is 11.6 Å². The lowest BCUT2D eigenvalue weighted by Gasteiger charge is -2.12. The smallest absolute Gasteiger partial charge is 0.340 e. The molecule has 3 aromatic rings. The molecule has 0 unspecified atom stereocenters. The summed E-state index contributed by atoms with van der Waals surface area (Å²) >= 11 is 5.80. The van der Waals surface area contributed by atoms with Gasteiger partial charge in [0.05, 0.1) is 16.8 Å². The molecule has 5 nitrogen and oxygen atoms in total. The summed E-state index contributed by atoms with van der Waals surface area (Å²) in [5, 5.41) is 4.10. The van der Waals surface area contributed by atoms with Gasteiger partial charge in [-0.3, -0.25) is 9.78 Å². The topological polar surface area (TPSA) is 68.3 Å². The molecule has 6 heteroatoms. The number of nitrogens with zero attached hydrogens (tertiary/aromatic N) is 1. The van der Waals surface area contributed by atoms with Crippen LogP contribution in [0.3, 0.4) is 0 Å². The van der Waals surface area contributed by atoms with Gasteiger partial charge in [-0.1, -0.05) is 29.8 Å². The molecule has 0 bridgehead atoms. The largest absolute Gasteiger partial charge is 0.452 e. The first-order valence-electron chi connectivity index (χ1n) is 8.04. The summed E-state index contributed by atoms with van der Waals surface area (Å²) in [4.78, 5) is 28.9. The molecule has 0 atom stereocenters. The van der Waals surface area contributed by atoms with Crippen molar-refractivity contribution in [2.45, 2.75) is 13.8 Å². The number of carbonyl (C=O) groups is 2. The van der Waals surface area contributed by atoms with Gasteiger partial charge in [0.1, 0.15) is 0 Å². The third-order valence-electron chi connectivity index (χ3n) is 4.00. The maximum atomic E-state index is 12.5. The zero-order valence-corrected chi connectivity index (χ0v) is 15.1.